The predicted molar refractivity (Wildman–Crippen MR) is 34.8 cm³/mol. The van der Waals surface area contributed by atoms with E-state index >= 15 is 0 Å². The fraction of sp³-hybridized carbons (Fsp3) is 0.800. The zero-order chi connectivity index (χ0) is 6.12. The molecule has 0 aromatic rings. The Morgan fingerprint density at radius 2 is 1.86 bits per heavy atom. The van der Waals surface area contributed by atoms with Crippen molar-refractivity contribution in [1.82, 2.24) is 5.32 Å². The van der Waals surface area contributed by atoms with Crippen LogP contribution in [0.15, 0.2) is 4.99 Å². The van der Waals surface area contributed by atoms with Crippen molar-refractivity contribution in [3.8, 4) is 0 Å². The van der Waals surface area contributed by atoms with Crippen LogP contribution in [0.2, 0.25) is 0 Å². The van der Waals surface area contributed by atoms with Crippen LogP contribution >= 0.6 is 0 Å². The lowest BCUT2D eigenvalue weighted by Crippen LogP contribution is -1.99. The summed E-state index contributed by atoms with van der Waals surface area (Å²) >= 11 is 0. The average molecular weight is 102 g/mol. The van der Waals surface area contributed by atoms with Gasteiger partial charge < -0.3 is 5.32 Å². The molecule has 0 heterocycles. The minimum absolute atomic E-state index is 1.62. The summed E-state index contributed by atoms with van der Waals surface area (Å²) in [6.45, 7) is 4.00. The molecule has 0 atom stereocenters. The number of aliphatic imine (C=N–C) groups is 1. The molecule has 0 bridgehead atoms. The van der Waals surface area contributed by atoms with Gasteiger partial charge in [0, 0.05) is 14.1 Å². The topological polar surface area (TPSA) is 24.4 Å². The van der Waals surface area contributed by atoms with Gasteiger partial charge in [-0.25, -0.2) is 0 Å². The molecule has 0 saturated carbocycles. The SMILES string of the molecule is CC.CN=CNC. The van der Waals surface area contributed by atoms with Crippen LogP contribution < -0.4 is 5.32 Å². The molecule has 1 N–H and O–H groups in total. The van der Waals surface area contributed by atoms with Crippen LogP contribution in [0.4, 0.5) is 0 Å². The molecule has 0 amide bonds. The summed E-state index contributed by atoms with van der Waals surface area (Å²) in [5.41, 5.74) is 0. The first-order chi connectivity index (χ1) is 3.41. The summed E-state index contributed by atoms with van der Waals surface area (Å²) in [6, 6.07) is 0. The molecule has 0 aromatic heterocycles. The third-order valence-corrected chi connectivity index (χ3v) is 0.258. The smallest absolute Gasteiger partial charge is 0.0817 e. The first-order valence-corrected chi connectivity index (χ1v) is 2.49. The fourth-order valence-electron chi connectivity index (χ4n) is 0.129. The summed E-state index contributed by atoms with van der Waals surface area (Å²) in [7, 11) is 3.53. The largest absolute Gasteiger partial charge is 0.380 e. The van der Waals surface area contributed by atoms with Crippen LogP contribution in [0.1, 0.15) is 13.8 Å². The van der Waals surface area contributed by atoms with Gasteiger partial charge in [0.05, 0.1) is 6.34 Å². The third-order valence-electron chi connectivity index (χ3n) is 0.258. The van der Waals surface area contributed by atoms with E-state index in [1.54, 1.807) is 13.4 Å². The molecule has 2 heteroatoms. The van der Waals surface area contributed by atoms with Crippen LogP contribution in [0.25, 0.3) is 0 Å². The van der Waals surface area contributed by atoms with Gasteiger partial charge in [0.2, 0.25) is 0 Å². The maximum atomic E-state index is 3.62. The molecule has 0 aliphatic rings. The lowest BCUT2D eigenvalue weighted by atomic mass is 11.0. The second kappa shape index (κ2) is 17.9. The van der Waals surface area contributed by atoms with Gasteiger partial charge in [0.15, 0.2) is 0 Å². The van der Waals surface area contributed by atoms with Crippen molar-refractivity contribution in [2.24, 2.45) is 4.99 Å². The molecule has 2 nitrogen and oxygen atoms in total. The molecule has 44 valence electrons. The highest BCUT2D eigenvalue weighted by Gasteiger charge is 1.45. The van der Waals surface area contributed by atoms with Crippen LogP contribution in [0, 0.1) is 0 Å². The van der Waals surface area contributed by atoms with Crippen molar-refractivity contribution < 1.29 is 0 Å². The van der Waals surface area contributed by atoms with E-state index in [1.165, 1.54) is 0 Å². The zero-order valence-electron chi connectivity index (χ0n) is 5.52. The van der Waals surface area contributed by atoms with Crippen molar-refractivity contribution in [2.75, 3.05) is 14.1 Å². The van der Waals surface area contributed by atoms with E-state index in [0.717, 1.165) is 0 Å². The Morgan fingerprint density at radius 1 is 1.43 bits per heavy atom. The number of hydrogen-bond donors (Lipinski definition) is 1. The fourth-order valence-corrected chi connectivity index (χ4v) is 0.129. The molecule has 0 aliphatic heterocycles. The number of hydrogen-bond acceptors (Lipinski definition) is 1. The minimum Gasteiger partial charge on any atom is -0.380 e. The summed E-state index contributed by atoms with van der Waals surface area (Å²) in [4.78, 5) is 3.62. The van der Waals surface area contributed by atoms with Crippen molar-refractivity contribution in [1.29, 1.82) is 0 Å². The molecule has 0 unspecified atom stereocenters. The summed E-state index contributed by atoms with van der Waals surface area (Å²) in [5.74, 6) is 0. The van der Waals surface area contributed by atoms with E-state index in [-0.39, 0.29) is 0 Å². The van der Waals surface area contributed by atoms with Gasteiger partial charge in [-0.05, 0) is 0 Å². The lowest BCUT2D eigenvalue weighted by molar-refractivity contribution is 1.19. The van der Waals surface area contributed by atoms with E-state index in [1.807, 2.05) is 20.9 Å². The van der Waals surface area contributed by atoms with Gasteiger partial charge >= 0.3 is 0 Å². The van der Waals surface area contributed by atoms with Crippen molar-refractivity contribution in [3.63, 3.8) is 0 Å². The minimum atomic E-state index is 1.62. The lowest BCUT2D eigenvalue weighted by Gasteiger charge is -1.74. The van der Waals surface area contributed by atoms with Crippen LogP contribution in [0.5, 0.6) is 0 Å². The molecule has 0 spiro atoms. The van der Waals surface area contributed by atoms with Gasteiger partial charge in [-0.15, -0.1) is 0 Å². The highest BCUT2D eigenvalue weighted by atomic mass is 14.9. The maximum Gasteiger partial charge on any atom is 0.0817 e. The van der Waals surface area contributed by atoms with Crippen LogP contribution in [-0.4, -0.2) is 20.4 Å². The molecule has 0 fully saturated rings. The Labute approximate surface area is 45.7 Å². The molecular formula is C5H14N2. The molecule has 0 aromatic carbocycles. The second-order valence-electron chi connectivity index (χ2n) is 0.676. The Hall–Kier alpha value is -0.530. The third kappa shape index (κ3) is 30.5. The van der Waals surface area contributed by atoms with E-state index in [0.29, 0.717) is 0 Å². The van der Waals surface area contributed by atoms with Crippen molar-refractivity contribution in [2.45, 2.75) is 13.8 Å². The van der Waals surface area contributed by atoms with Crippen LogP contribution in [0.3, 0.4) is 0 Å². The first kappa shape index (κ1) is 9.69. The number of nitrogens with zero attached hydrogens (tertiary/aromatic N) is 1. The van der Waals surface area contributed by atoms with E-state index < -0.39 is 0 Å². The second-order valence-corrected chi connectivity index (χ2v) is 0.676. The van der Waals surface area contributed by atoms with Gasteiger partial charge in [-0.1, -0.05) is 13.8 Å². The summed E-state index contributed by atoms with van der Waals surface area (Å²) in [5, 5.41) is 2.73. The van der Waals surface area contributed by atoms with E-state index in [2.05, 4.69) is 10.3 Å². The summed E-state index contributed by atoms with van der Waals surface area (Å²) < 4.78 is 0. The van der Waals surface area contributed by atoms with E-state index in [9.17, 15) is 0 Å². The normalized spacial score (nSPS) is 7.43. The predicted octanol–water partition coefficient (Wildman–Crippen LogP) is 0.890. The maximum absolute atomic E-state index is 3.62. The molecule has 0 rings (SSSR count). The standard InChI is InChI=1S/C3H8N2.C2H6/c1-4-3-5-2;1-2/h3H,1-2H3,(H,4,5);1-2H3. The average Bonchev–Trinajstić information content (AvgIpc) is 1.75. The monoisotopic (exact) mass is 102 g/mol. The van der Waals surface area contributed by atoms with E-state index in [4.69, 9.17) is 0 Å². The molecule has 7 heavy (non-hydrogen) atoms. The van der Waals surface area contributed by atoms with Gasteiger partial charge in [-0.3, -0.25) is 4.99 Å². The molecule has 0 radical (unpaired) electrons. The highest BCUT2D eigenvalue weighted by molar-refractivity contribution is 5.52. The molecule has 0 saturated heterocycles. The highest BCUT2D eigenvalue weighted by Crippen LogP contribution is 1.36. The van der Waals surface area contributed by atoms with Gasteiger partial charge in [0.1, 0.15) is 0 Å². The number of nitrogens with one attached hydrogen (secondary N) is 1. The first-order valence-electron chi connectivity index (χ1n) is 2.49. The Bertz CT molecular complexity index is 33.1. The quantitative estimate of drug-likeness (QED) is 0.386. The molecular weight excluding hydrogens is 88.1 g/mol. The Kier molecular flexibility index (Phi) is 24.8. The Morgan fingerprint density at radius 3 is 1.86 bits per heavy atom. The van der Waals surface area contributed by atoms with Crippen molar-refractivity contribution >= 4 is 6.34 Å². The zero-order valence-corrected chi connectivity index (χ0v) is 5.52. The molecule has 0 aliphatic carbocycles. The van der Waals surface area contributed by atoms with Gasteiger partial charge in [0.25, 0.3) is 0 Å². The van der Waals surface area contributed by atoms with Gasteiger partial charge in [-0.2, -0.15) is 0 Å². The van der Waals surface area contributed by atoms with Crippen LogP contribution in [-0.2, 0) is 0 Å². The Balaban J connectivity index is 0. The summed E-state index contributed by atoms with van der Waals surface area (Å²) in [6.07, 6.45) is 1.62. The van der Waals surface area contributed by atoms with Crippen molar-refractivity contribution in [3.05, 3.63) is 0 Å². The number of rotatable bonds is 1.